The van der Waals surface area contributed by atoms with Gasteiger partial charge in [-0.3, -0.25) is 0 Å². The molecule has 0 saturated carbocycles. The average Bonchev–Trinajstić information content (AvgIpc) is 2.32. The van der Waals surface area contributed by atoms with Crippen molar-refractivity contribution >= 4 is 12.0 Å². The Morgan fingerprint density at radius 1 is 1.17 bits per heavy atom. The van der Waals surface area contributed by atoms with Gasteiger partial charge in [0.25, 0.3) is 0 Å². The number of carboxylic acid groups (broad SMARTS) is 1. The molecule has 1 rings (SSSR count). The highest BCUT2D eigenvalue weighted by atomic mass is 16.4. The maximum atomic E-state index is 10.5. The monoisotopic (exact) mass is 244 g/mol. The van der Waals surface area contributed by atoms with Crippen molar-refractivity contribution in [3.8, 4) is 5.75 Å². The van der Waals surface area contributed by atoms with E-state index in [0.717, 1.165) is 22.8 Å². The summed E-state index contributed by atoms with van der Waals surface area (Å²) in [5, 5.41) is 18.6. The van der Waals surface area contributed by atoms with Crippen molar-refractivity contribution in [3.63, 3.8) is 0 Å². The molecule has 0 aliphatic carbocycles. The quantitative estimate of drug-likeness (QED) is 0.597. The zero-order valence-electron chi connectivity index (χ0n) is 10.1. The molecule has 0 unspecified atom stereocenters. The van der Waals surface area contributed by atoms with Gasteiger partial charge in [-0.05, 0) is 47.7 Å². The Labute approximate surface area is 106 Å². The molecule has 0 aromatic heterocycles. The summed E-state index contributed by atoms with van der Waals surface area (Å²) >= 11 is 0. The van der Waals surface area contributed by atoms with E-state index in [0.29, 0.717) is 12.8 Å². The summed E-state index contributed by atoms with van der Waals surface area (Å²) in [7, 11) is 0. The Hall–Kier alpha value is -2.29. The van der Waals surface area contributed by atoms with Gasteiger partial charge in [0.05, 0.1) is 0 Å². The van der Waals surface area contributed by atoms with E-state index < -0.39 is 5.97 Å². The lowest BCUT2D eigenvalue weighted by molar-refractivity contribution is -0.131. The van der Waals surface area contributed by atoms with Crippen molar-refractivity contribution in [2.75, 3.05) is 0 Å². The third kappa shape index (κ3) is 3.63. The standard InChI is InChI=1S/C15H16O3/c1-3-5-12-9-11(7-8-14(16)17)10-13(6-4-2)15(12)18/h3-4,7-10,18H,1-2,5-6H2,(H,16,17). The van der Waals surface area contributed by atoms with Gasteiger partial charge in [0.2, 0.25) is 0 Å². The molecule has 0 atom stereocenters. The molecule has 3 nitrogen and oxygen atoms in total. The molecule has 0 aliphatic heterocycles. The number of phenols is 1. The molecule has 0 heterocycles. The molecule has 0 saturated heterocycles. The molecule has 2 N–H and O–H groups in total. The summed E-state index contributed by atoms with van der Waals surface area (Å²) in [5.74, 6) is -0.777. The van der Waals surface area contributed by atoms with Gasteiger partial charge >= 0.3 is 5.97 Å². The van der Waals surface area contributed by atoms with Gasteiger partial charge in [0, 0.05) is 6.08 Å². The number of hydrogen-bond acceptors (Lipinski definition) is 2. The predicted molar refractivity (Wildman–Crippen MR) is 72.6 cm³/mol. The summed E-state index contributed by atoms with van der Waals surface area (Å²) in [6, 6.07) is 3.51. The predicted octanol–water partition coefficient (Wildman–Crippen LogP) is 2.95. The lowest BCUT2D eigenvalue weighted by atomic mass is 9.99. The van der Waals surface area contributed by atoms with Crippen molar-refractivity contribution in [2.45, 2.75) is 12.8 Å². The molecule has 18 heavy (non-hydrogen) atoms. The summed E-state index contributed by atoms with van der Waals surface area (Å²) < 4.78 is 0. The summed E-state index contributed by atoms with van der Waals surface area (Å²) in [6.07, 6.45) is 7.02. The van der Waals surface area contributed by atoms with E-state index in [1.165, 1.54) is 6.08 Å². The highest BCUT2D eigenvalue weighted by Gasteiger charge is 2.07. The lowest BCUT2D eigenvalue weighted by Crippen LogP contribution is -1.92. The van der Waals surface area contributed by atoms with Crippen LogP contribution in [0.5, 0.6) is 5.75 Å². The zero-order chi connectivity index (χ0) is 13.5. The Morgan fingerprint density at radius 3 is 2.06 bits per heavy atom. The number of carbonyl (C=O) groups is 1. The SMILES string of the molecule is C=CCc1cc(C=CC(=O)O)cc(CC=C)c1O. The number of carboxylic acids is 1. The zero-order valence-corrected chi connectivity index (χ0v) is 10.1. The van der Waals surface area contributed by atoms with E-state index in [2.05, 4.69) is 13.2 Å². The normalized spacial score (nSPS) is 10.4. The fourth-order valence-corrected chi connectivity index (χ4v) is 1.67. The number of aromatic hydroxyl groups is 1. The molecule has 1 aromatic carbocycles. The topological polar surface area (TPSA) is 57.5 Å². The van der Waals surface area contributed by atoms with Gasteiger partial charge in [-0.1, -0.05) is 12.2 Å². The first-order valence-electron chi connectivity index (χ1n) is 5.56. The first-order valence-corrected chi connectivity index (χ1v) is 5.56. The smallest absolute Gasteiger partial charge is 0.328 e. The van der Waals surface area contributed by atoms with E-state index in [1.807, 2.05) is 0 Å². The van der Waals surface area contributed by atoms with E-state index in [9.17, 15) is 9.90 Å². The van der Waals surface area contributed by atoms with Crippen LogP contribution in [0.1, 0.15) is 16.7 Å². The molecule has 1 aromatic rings. The second-order valence-corrected chi connectivity index (χ2v) is 3.84. The third-order valence-corrected chi connectivity index (χ3v) is 2.44. The Balaban J connectivity index is 3.22. The van der Waals surface area contributed by atoms with Gasteiger partial charge in [-0.25, -0.2) is 4.79 Å². The van der Waals surface area contributed by atoms with Crippen LogP contribution in [0.4, 0.5) is 0 Å². The number of allylic oxidation sites excluding steroid dienone is 2. The number of hydrogen-bond donors (Lipinski definition) is 2. The average molecular weight is 244 g/mol. The number of benzene rings is 1. The van der Waals surface area contributed by atoms with Gasteiger partial charge in [-0.15, -0.1) is 13.2 Å². The van der Waals surface area contributed by atoms with Crippen molar-refractivity contribution in [3.05, 3.63) is 60.2 Å². The Morgan fingerprint density at radius 2 is 1.67 bits per heavy atom. The van der Waals surface area contributed by atoms with Crippen LogP contribution in [0, 0.1) is 0 Å². The summed E-state index contributed by atoms with van der Waals surface area (Å²) in [5.41, 5.74) is 2.20. The molecule has 0 spiro atoms. The minimum atomic E-state index is -1.00. The maximum absolute atomic E-state index is 10.5. The summed E-state index contributed by atoms with van der Waals surface area (Å²) in [6.45, 7) is 7.27. The number of phenolic OH excluding ortho intramolecular Hbond substituents is 1. The van der Waals surface area contributed by atoms with Crippen LogP contribution in [0.2, 0.25) is 0 Å². The van der Waals surface area contributed by atoms with Crippen LogP contribution < -0.4 is 0 Å². The molecule has 0 fully saturated rings. The Kier molecular flexibility index (Phi) is 4.93. The fraction of sp³-hybridized carbons (Fsp3) is 0.133. The highest BCUT2D eigenvalue weighted by molar-refractivity contribution is 5.85. The Bertz CT molecular complexity index is 467. The fourth-order valence-electron chi connectivity index (χ4n) is 1.67. The second kappa shape index (κ2) is 6.45. The summed E-state index contributed by atoms with van der Waals surface area (Å²) in [4.78, 5) is 10.5. The van der Waals surface area contributed by atoms with Gasteiger partial charge in [0.15, 0.2) is 0 Å². The van der Waals surface area contributed by atoms with E-state index in [-0.39, 0.29) is 5.75 Å². The minimum absolute atomic E-state index is 0.224. The molecular formula is C15H16O3. The van der Waals surface area contributed by atoms with Crippen LogP contribution in [0.15, 0.2) is 43.5 Å². The van der Waals surface area contributed by atoms with Crippen molar-refractivity contribution in [1.29, 1.82) is 0 Å². The van der Waals surface area contributed by atoms with Crippen LogP contribution in [-0.4, -0.2) is 16.2 Å². The van der Waals surface area contributed by atoms with Crippen molar-refractivity contribution in [1.82, 2.24) is 0 Å². The molecule has 3 heteroatoms. The maximum Gasteiger partial charge on any atom is 0.328 e. The van der Waals surface area contributed by atoms with Crippen molar-refractivity contribution in [2.24, 2.45) is 0 Å². The molecule has 0 aliphatic rings. The minimum Gasteiger partial charge on any atom is -0.507 e. The highest BCUT2D eigenvalue weighted by Crippen LogP contribution is 2.26. The van der Waals surface area contributed by atoms with Gasteiger partial charge in [-0.2, -0.15) is 0 Å². The van der Waals surface area contributed by atoms with Crippen LogP contribution in [-0.2, 0) is 17.6 Å². The first-order chi connectivity index (χ1) is 8.58. The molecular weight excluding hydrogens is 228 g/mol. The van der Waals surface area contributed by atoms with Crippen LogP contribution in [0.3, 0.4) is 0 Å². The van der Waals surface area contributed by atoms with Crippen LogP contribution in [0.25, 0.3) is 6.08 Å². The largest absolute Gasteiger partial charge is 0.507 e. The van der Waals surface area contributed by atoms with E-state index in [1.54, 1.807) is 24.3 Å². The van der Waals surface area contributed by atoms with Gasteiger partial charge < -0.3 is 10.2 Å². The van der Waals surface area contributed by atoms with Gasteiger partial charge in [0.1, 0.15) is 5.75 Å². The molecule has 0 bridgehead atoms. The van der Waals surface area contributed by atoms with Crippen molar-refractivity contribution < 1.29 is 15.0 Å². The second-order valence-electron chi connectivity index (χ2n) is 3.84. The lowest BCUT2D eigenvalue weighted by Gasteiger charge is -2.09. The number of aliphatic carboxylic acids is 1. The number of rotatable bonds is 6. The van der Waals surface area contributed by atoms with E-state index >= 15 is 0 Å². The first kappa shape index (κ1) is 13.8. The van der Waals surface area contributed by atoms with Crippen LogP contribution >= 0.6 is 0 Å². The molecule has 0 amide bonds. The molecule has 0 radical (unpaired) electrons. The molecule has 94 valence electrons. The third-order valence-electron chi connectivity index (χ3n) is 2.44. The van der Waals surface area contributed by atoms with E-state index in [4.69, 9.17) is 5.11 Å².